The molecule has 1 fully saturated rings. The number of nitrogens with one attached hydrogen (secondary N) is 1. The molecule has 2 heterocycles. The molecule has 0 bridgehead atoms. The van der Waals surface area contributed by atoms with Gasteiger partial charge < -0.3 is 14.4 Å². The molecule has 1 N–H and O–H groups in total. The van der Waals surface area contributed by atoms with Crippen LogP contribution < -0.4 is 14.9 Å². The molecule has 0 spiro atoms. The van der Waals surface area contributed by atoms with Crippen molar-refractivity contribution < 1.29 is 19.1 Å². The zero-order chi connectivity index (χ0) is 22.9. The molecule has 3 rings (SSSR count). The van der Waals surface area contributed by atoms with E-state index in [1.54, 1.807) is 22.9 Å². The van der Waals surface area contributed by atoms with Crippen molar-refractivity contribution in [3.63, 3.8) is 0 Å². The number of piperidine rings is 1. The maximum atomic E-state index is 12.4. The van der Waals surface area contributed by atoms with Crippen LogP contribution >= 0.6 is 0 Å². The third-order valence-corrected chi connectivity index (χ3v) is 5.13. The summed E-state index contributed by atoms with van der Waals surface area (Å²) < 4.78 is 13.0. The number of nitrogens with zero attached hydrogens (tertiary/aromatic N) is 4. The number of hydrazone groups is 1. The number of amides is 2. The SMILES string of the molecule is CCOc1cc(C=NNC(=O)Cn2nc(C)cc2C)ccc1OCC(=O)N1CCCCC1. The van der Waals surface area contributed by atoms with Crippen molar-refractivity contribution >= 4 is 18.0 Å². The summed E-state index contributed by atoms with van der Waals surface area (Å²) in [7, 11) is 0. The first-order chi connectivity index (χ1) is 15.5. The molecule has 0 aliphatic carbocycles. The molecule has 32 heavy (non-hydrogen) atoms. The average Bonchev–Trinajstić information content (AvgIpc) is 3.10. The van der Waals surface area contributed by atoms with Crippen LogP contribution in [0, 0.1) is 13.8 Å². The average molecular weight is 442 g/mol. The number of benzene rings is 1. The Bertz CT molecular complexity index is 963. The van der Waals surface area contributed by atoms with Crippen molar-refractivity contribution in [3.8, 4) is 11.5 Å². The van der Waals surface area contributed by atoms with E-state index >= 15 is 0 Å². The number of hydrogen-bond acceptors (Lipinski definition) is 6. The van der Waals surface area contributed by atoms with Crippen LogP contribution in [0.15, 0.2) is 29.4 Å². The van der Waals surface area contributed by atoms with Gasteiger partial charge in [0.15, 0.2) is 18.1 Å². The monoisotopic (exact) mass is 441 g/mol. The van der Waals surface area contributed by atoms with Crippen LogP contribution in [0.3, 0.4) is 0 Å². The molecule has 1 saturated heterocycles. The minimum absolute atomic E-state index is 0.0110. The van der Waals surface area contributed by atoms with Gasteiger partial charge in [0.05, 0.1) is 18.5 Å². The quantitative estimate of drug-likeness (QED) is 0.476. The van der Waals surface area contributed by atoms with Crippen LogP contribution in [0.5, 0.6) is 11.5 Å². The summed E-state index contributed by atoms with van der Waals surface area (Å²) in [6.07, 6.45) is 4.79. The maximum Gasteiger partial charge on any atom is 0.261 e. The minimum Gasteiger partial charge on any atom is -0.490 e. The van der Waals surface area contributed by atoms with E-state index in [1.807, 2.05) is 31.7 Å². The van der Waals surface area contributed by atoms with Crippen LogP contribution in [-0.2, 0) is 16.1 Å². The Morgan fingerprint density at radius 3 is 2.59 bits per heavy atom. The van der Waals surface area contributed by atoms with Gasteiger partial charge >= 0.3 is 0 Å². The van der Waals surface area contributed by atoms with Crippen molar-refractivity contribution in [2.45, 2.75) is 46.6 Å². The van der Waals surface area contributed by atoms with Gasteiger partial charge in [-0.05, 0) is 69.9 Å². The van der Waals surface area contributed by atoms with Gasteiger partial charge in [-0.3, -0.25) is 14.3 Å². The third-order valence-electron chi connectivity index (χ3n) is 5.13. The van der Waals surface area contributed by atoms with Crippen molar-refractivity contribution in [1.82, 2.24) is 20.1 Å². The topological polar surface area (TPSA) is 98.0 Å². The summed E-state index contributed by atoms with van der Waals surface area (Å²) >= 11 is 0. The highest BCUT2D eigenvalue weighted by molar-refractivity contribution is 5.83. The highest BCUT2D eigenvalue weighted by Crippen LogP contribution is 2.28. The zero-order valence-electron chi connectivity index (χ0n) is 19.0. The molecule has 1 aliphatic rings. The van der Waals surface area contributed by atoms with Crippen molar-refractivity contribution in [2.24, 2.45) is 5.10 Å². The number of ether oxygens (including phenoxy) is 2. The summed E-state index contributed by atoms with van der Waals surface area (Å²) in [5.41, 5.74) is 5.01. The molecule has 1 aromatic carbocycles. The Hall–Kier alpha value is -3.36. The van der Waals surface area contributed by atoms with Gasteiger partial charge in [-0.1, -0.05) is 0 Å². The van der Waals surface area contributed by atoms with E-state index in [0.29, 0.717) is 18.1 Å². The molecule has 1 aliphatic heterocycles. The Morgan fingerprint density at radius 1 is 1.12 bits per heavy atom. The van der Waals surface area contributed by atoms with E-state index in [1.165, 1.54) is 12.6 Å². The molecule has 0 atom stereocenters. The number of carbonyl (C=O) groups excluding carboxylic acids is 2. The van der Waals surface area contributed by atoms with E-state index < -0.39 is 0 Å². The summed E-state index contributed by atoms with van der Waals surface area (Å²) in [5, 5.41) is 8.28. The van der Waals surface area contributed by atoms with Crippen LogP contribution in [0.1, 0.15) is 43.1 Å². The number of aromatic nitrogens is 2. The van der Waals surface area contributed by atoms with E-state index in [9.17, 15) is 9.59 Å². The van der Waals surface area contributed by atoms with Gasteiger partial charge in [-0.2, -0.15) is 10.2 Å². The number of carbonyl (C=O) groups is 2. The van der Waals surface area contributed by atoms with Crippen molar-refractivity contribution in [3.05, 3.63) is 41.2 Å². The number of rotatable bonds is 9. The van der Waals surface area contributed by atoms with E-state index in [2.05, 4.69) is 15.6 Å². The first-order valence-electron chi connectivity index (χ1n) is 11.0. The highest BCUT2D eigenvalue weighted by Gasteiger charge is 2.17. The molecule has 0 saturated carbocycles. The Labute approximate surface area is 188 Å². The second kappa shape index (κ2) is 11.3. The lowest BCUT2D eigenvalue weighted by Gasteiger charge is -2.26. The Balaban J connectivity index is 1.56. The third kappa shape index (κ3) is 6.57. The number of likely N-dealkylation sites (tertiary alicyclic amines) is 1. The lowest BCUT2D eigenvalue weighted by molar-refractivity contribution is -0.134. The second-order valence-electron chi connectivity index (χ2n) is 7.75. The van der Waals surface area contributed by atoms with E-state index in [-0.39, 0.29) is 25.0 Å². The zero-order valence-corrected chi connectivity index (χ0v) is 19.0. The van der Waals surface area contributed by atoms with Gasteiger partial charge in [0, 0.05) is 18.8 Å². The van der Waals surface area contributed by atoms with E-state index in [0.717, 1.165) is 42.9 Å². The van der Waals surface area contributed by atoms with Crippen LogP contribution in [0.2, 0.25) is 0 Å². The number of hydrogen-bond donors (Lipinski definition) is 1. The molecule has 1 aromatic heterocycles. The largest absolute Gasteiger partial charge is 0.490 e. The smallest absolute Gasteiger partial charge is 0.261 e. The van der Waals surface area contributed by atoms with Crippen molar-refractivity contribution in [1.29, 1.82) is 0 Å². The second-order valence-corrected chi connectivity index (χ2v) is 7.75. The Kier molecular flexibility index (Phi) is 8.24. The molecule has 2 aromatic rings. The molecule has 0 unspecified atom stereocenters. The molecule has 0 radical (unpaired) electrons. The van der Waals surface area contributed by atoms with Gasteiger partial charge in [-0.15, -0.1) is 0 Å². The normalized spacial score (nSPS) is 13.9. The Morgan fingerprint density at radius 2 is 1.91 bits per heavy atom. The lowest BCUT2D eigenvalue weighted by Crippen LogP contribution is -2.38. The van der Waals surface area contributed by atoms with Crippen LogP contribution in [0.25, 0.3) is 0 Å². The summed E-state index contributed by atoms with van der Waals surface area (Å²) in [4.78, 5) is 26.3. The van der Waals surface area contributed by atoms with Crippen molar-refractivity contribution in [2.75, 3.05) is 26.3 Å². The molecular weight excluding hydrogens is 410 g/mol. The summed E-state index contributed by atoms with van der Waals surface area (Å²) in [5.74, 6) is 0.747. The summed E-state index contributed by atoms with van der Waals surface area (Å²) in [6.45, 7) is 7.78. The fourth-order valence-corrected chi connectivity index (χ4v) is 3.55. The highest BCUT2D eigenvalue weighted by atomic mass is 16.5. The minimum atomic E-state index is -0.270. The predicted octanol–water partition coefficient (Wildman–Crippen LogP) is 2.44. The van der Waals surface area contributed by atoms with Gasteiger partial charge in [0.25, 0.3) is 11.8 Å². The lowest BCUT2D eigenvalue weighted by atomic mass is 10.1. The molecule has 2 amide bonds. The fraction of sp³-hybridized carbons (Fsp3) is 0.478. The first-order valence-corrected chi connectivity index (χ1v) is 11.0. The van der Waals surface area contributed by atoms with Crippen LogP contribution in [0.4, 0.5) is 0 Å². The van der Waals surface area contributed by atoms with Gasteiger partial charge in [0.1, 0.15) is 6.54 Å². The molecule has 9 heteroatoms. The molecular formula is C23H31N5O4. The maximum absolute atomic E-state index is 12.4. The summed E-state index contributed by atoms with van der Waals surface area (Å²) in [6, 6.07) is 7.21. The van der Waals surface area contributed by atoms with Gasteiger partial charge in [-0.25, -0.2) is 5.43 Å². The molecule has 9 nitrogen and oxygen atoms in total. The first kappa shape index (κ1) is 23.3. The standard InChI is InChI=1S/C23H31N5O4/c1-4-31-21-13-19(14-24-25-22(29)15-28-18(3)12-17(2)26-28)8-9-20(21)32-16-23(30)27-10-6-5-7-11-27/h8-9,12-14H,4-7,10-11,15-16H2,1-3H3,(H,25,29). The van der Waals surface area contributed by atoms with E-state index in [4.69, 9.17) is 9.47 Å². The predicted molar refractivity (Wildman–Crippen MR) is 121 cm³/mol. The van der Waals surface area contributed by atoms with Crippen LogP contribution in [-0.4, -0.2) is 59.0 Å². The fourth-order valence-electron chi connectivity index (χ4n) is 3.55. The molecule has 172 valence electrons. The van der Waals surface area contributed by atoms with Gasteiger partial charge in [0.2, 0.25) is 0 Å². The number of aryl methyl sites for hydroxylation is 2.